The maximum absolute atomic E-state index is 13.6. The summed E-state index contributed by atoms with van der Waals surface area (Å²) < 4.78 is 33.0. The Morgan fingerprint density at radius 2 is 0.863 bits per heavy atom. The molecule has 0 radical (unpaired) electrons. The van der Waals surface area contributed by atoms with Crippen molar-refractivity contribution in [2.75, 3.05) is 133 Å². The Hall–Kier alpha value is -8.36. The molecule has 6 fully saturated rings. The molecule has 0 saturated carbocycles. The highest BCUT2D eigenvalue weighted by atomic mass is 16.5. The monoisotopic (exact) mass is 1290 g/mol. The first-order valence-electron chi connectivity index (χ1n) is 33.8. The summed E-state index contributed by atoms with van der Waals surface area (Å²) in [6.07, 6.45) is 5.04. The van der Waals surface area contributed by atoms with Gasteiger partial charge in [-0.2, -0.15) is 0 Å². The van der Waals surface area contributed by atoms with E-state index in [0.29, 0.717) is 78.5 Å². The van der Waals surface area contributed by atoms with Crippen LogP contribution in [-0.4, -0.2) is 210 Å². The van der Waals surface area contributed by atoms with Gasteiger partial charge in [0.25, 0.3) is 0 Å². The van der Waals surface area contributed by atoms with Crippen molar-refractivity contribution in [1.82, 2.24) is 29.8 Å². The summed E-state index contributed by atoms with van der Waals surface area (Å²) in [5.41, 5.74) is 8.27. The van der Waals surface area contributed by atoms with Crippen LogP contribution in [-0.2, 0) is 51.0 Å². The Bertz CT molecular complexity index is 3480. The first-order valence-corrected chi connectivity index (χ1v) is 33.8. The molecule has 0 aliphatic carbocycles. The van der Waals surface area contributed by atoms with Crippen LogP contribution < -0.4 is 14.8 Å². The normalized spacial score (nSPS) is 21.0. The number of morpholine rings is 2. The Morgan fingerprint density at radius 1 is 0.463 bits per heavy atom. The second kappa shape index (κ2) is 36.5. The highest BCUT2D eigenvalue weighted by Crippen LogP contribution is 2.44. The van der Waals surface area contributed by atoms with Crippen molar-refractivity contribution in [1.29, 1.82) is 0 Å². The second-order valence-corrected chi connectivity index (χ2v) is 24.8. The molecule has 0 aromatic heterocycles. The van der Waals surface area contributed by atoms with Crippen molar-refractivity contribution >= 4 is 23.7 Å². The van der Waals surface area contributed by atoms with E-state index in [9.17, 15) is 19.2 Å². The molecule has 17 nitrogen and oxygen atoms in total. The number of methoxy groups -OCH3 is 2. The van der Waals surface area contributed by atoms with Gasteiger partial charge in [0.05, 0.1) is 92.8 Å². The van der Waals surface area contributed by atoms with Gasteiger partial charge >= 0.3 is 5.97 Å². The van der Waals surface area contributed by atoms with Crippen molar-refractivity contribution < 1.29 is 52.7 Å². The highest BCUT2D eigenvalue weighted by Gasteiger charge is 2.51. The SMILES string of the molecule is C1COCCN1.COc1ccc(CC(=O)N2CCCCN3[C@@H](COCCC(=O)N4CCOCC4)[C@H](c4ccc(C#Cc5ccccc5)cc4)[C@@H]3C2)cc1.COc1ccc(CC(=O)N2CCCCN3[C@@H](COCCC(=O)O)[C@H](c4ccc(C#Cc5ccccc5)cc4)[C@@H]3C2)cc1. The molecule has 17 heteroatoms. The fraction of sp³-hybridized carbons (Fsp3) is 0.436. The number of aliphatic carboxylic acids is 1. The van der Waals surface area contributed by atoms with Crippen LogP contribution in [0.4, 0.5) is 0 Å². The molecule has 6 saturated heterocycles. The second-order valence-electron chi connectivity index (χ2n) is 24.8. The Balaban J connectivity index is 0.000000191. The van der Waals surface area contributed by atoms with Crippen LogP contribution in [0.25, 0.3) is 0 Å². The van der Waals surface area contributed by atoms with E-state index in [1.807, 2.05) is 119 Å². The fourth-order valence-corrected chi connectivity index (χ4v) is 13.5. The van der Waals surface area contributed by atoms with Gasteiger partial charge in [-0.05, 0) is 134 Å². The molecule has 6 aliphatic rings. The van der Waals surface area contributed by atoms with Gasteiger partial charge in [-0.1, -0.05) is 109 Å². The summed E-state index contributed by atoms with van der Waals surface area (Å²) in [7, 11) is 3.29. The molecule has 0 bridgehead atoms. The lowest BCUT2D eigenvalue weighted by molar-refractivity contribution is -0.140. The van der Waals surface area contributed by atoms with E-state index in [1.54, 1.807) is 14.2 Å². The quantitative estimate of drug-likeness (QED) is 0.0620. The lowest BCUT2D eigenvalue weighted by Crippen LogP contribution is -2.68. The zero-order valence-corrected chi connectivity index (χ0v) is 55.1. The maximum atomic E-state index is 13.6. The number of carbonyl (C=O) groups excluding carboxylic acids is 3. The van der Waals surface area contributed by atoms with E-state index in [0.717, 1.165) is 123 Å². The van der Waals surface area contributed by atoms with Gasteiger partial charge < -0.3 is 53.5 Å². The van der Waals surface area contributed by atoms with Crippen molar-refractivity contribution in [2.45, 2.75) is 87.4 Å². The standard InChI is InChI=1S/C39H45N3O5.C35H38N2O5.C4H9NO/c1-45-34-17-13-32(14-18-34)27-38(44)41-20-5-6-21-42-35(28-41)39(36(42)29-47-24-19-37(43)40-22-25-46-26-23-40)33-15-11-31(12-16-33)10-9-30-7-3-2-4-8-30;1-41-30-17-13-28(14-18-30)23-33(38)36-20-5-6-21-37-31(24-36)35(32(37)25-42-22-19-34(39)40)29-15-11-27(12-16-29)10-9-26-7-3-2-4-8-26;1-3-6-4-2-5-1/h2-4,7-8,11-18,35-36,39H,5-6,19-29H2,1H3;2-4,7-8,11-18,31-32,35H,5-6,19-25H2,1H3,(H,39,40);5H,1-4H2/t35-,36-,39+;31-,32-,35+;/m00./s1. The van der Waals surface area contributed by atoms with Crippen LogP contribution in [0, 0.1) is 23.7 Å². The van der Waals surface area contributed by atoms with Crippen LogP contribution in [0.2, 0.25) is 0 Å². The van der Waals surface area contributed by atoms with Gasteiger partial charge in [-0.3, -0.25) is 29.0 Å². The Labute approximate surface area is 560 Å². The maximum Gasteiger partial charge on any atom is 0.305 e. The minimum atomic E-state index is -0.859. The number of carboxylic acid groups (broad SMARTS) is 1. The number of nitrogens with zero attached hydrogens (tertiary/aromatic N) is 5. The number of hydrogen-bond acceptors (Lipinski definition) is 13. The molecular weight excluding hydrogens is 1200 g/mol. The molecule has 6 atom stereocenters. The Morgan fingerprint density at radius 3 is 1.25 bits per heavy atom. The number of rotatable bonds is 18. The predicted octanol–water partition coefficient (Wildman–Crippen LogP) is 8.56. The summed E-state index contributed by atoms with van der Waals surface area (Å²) in [6.45, 7) is 12.7. The lowest BCUT2D eigenvalue weighted by atomic mass is 9.74. The summed E-state index contributed by atoms with van der Waals surface area (Å²) >= 11 is 0. The smallest absolute Gasteiger partial charge is 0.305 e. The van der Waals surface area contributed by atoms with Crippen molar-refractivity contribution in [2.24, 2.45) is 0 Å². The van der Waals surface area contributed by atoms with Crippen LogP contribution >= 0.6 is 0 Å². The largest absolute Gasteiger partial charge is 0.497 e. The molecule has 6 aromatic carbocycles. The number of amides is 3. The average molecular weight is 1290 g/mol. The third-order valence-electron chi connectivity index (χ3n) is 18.6. The number of hydrogen-bond donors (Lipinski definition) is 2. The fourth-order valence-electron chi connectivity index (χ4n) is 13.5. The molecular formula is C78H92N6O11. The van der Waals surface area contributed by atoms with Crippen molar-refractivity contribution in [3.8, 4) is 35.2 Å². The minimum absolute atomic E-state index is 0.0107. The van der Waals surface area contributed by atoms with Gasteiger partial charge in [0, 0.05) is 111 Å². The first-order chi connectivity index (χ1) is 46.6. The van der Waals surface area contributed by atoms with E-state index in [4.69, 9.17) is 33.5 Å². The molecule has 6 aliphatic heterocycles. The topological polar surface area (TPSA) is 172 Å². The molecule has 0 spiro atoms. The zero-order chi connectivity index (χ0) is 66.0. The summed E-state index contributed by atoms with van der Waals surface area (Å²) in [4.78, 5) is 61.7. The van der Waals surface area contributed by atoms with E-state index in [1.165, 1.54) is 11.1 Å². The van der Waals surface area contributed by atoms with E-state index >= 15 is 0 Å². The van der Waals surface area contributed by atoms with Gasteiger partial charge in [-0.25, -0.2) is 0 Å². The lowest BCUT2D eigenvalue weighted by Gasteiger charge is -2.57. The average Bonchev–Trinajstić information content (AvgIpc) is 0.760. The van der Waals surface area contributed by atoms with E-state index in [2.05, 4.69) is 92.2 Å². The molecule has 3 amide bonds. The molecule has 0 unspecified atom stereocenters. The highest BCUT2D eigenvalue weighted by molar-refractivity contribution is 5.80. The molecule has 12 rings (SSSR count). The van der Waals surface area contributed by atoms with Crippen LogP contribution in [0.1, 0.15) is 94.9 Å². The summed E-state index contributed by atoms with van der Waals surface area (Å²) in [5, 5.41) is 12.2. The van der Waals surface area contributed by atoms with Crippen LogP contribution in [0.5, 0.6) is 11.5 Å². The van der Waals surface area contributed by atoms with Crippen molar-refractivity contribution in [3.63, 3.8) is 0 Å². The number of fused-ring (bicyclic) bond motifs is 2. The number of nitrogens with one attached hydrogen (secondary N) is 1. The van der Waals surface area contributed by atoms with Gasteiger partial charge in [0.1, 0.15) is 11.5 Å². The van der Waals surface area contributed by atoms with Gasteiger partial charge in [0.2, 0.25) is 17.7 Å². The van der Waals surface area contributed by atoms with Crippen molar-refractivity contribution in [3.05, 3.63) is 202 Å². The van der Waals surface area contributed by atoms with E-state index in [-0.39, 0.29) is 66.8 Å². The van der Waals surface area contributed by atoms with E-state index < -0.39 is 5.97 Å². The molecule has 6 heterocycles. The minimum Gasteiger partial charge on any atom is -0.497 e. The van der Waals surface area contributed by atoms with Gasteiger partial charge in [0.15, 0.2) is 0 Å². The molecule has 500 valence electrons. The number of carbonyl (C=O) groups is 4. The molecule has 2 N–H and O–H groups in total. The summed E-state index contributed by atoms with van der Waals surface area (Å²) in [5.74, 6) is 14.5. The zero-order valence-electron chi connectivity index (χ0n) is 55.1. The van der Waals surface area contributed by atoms with Gasteiger partial charge in [-0.15, -0.1) is 0 Å². The number of ether oxygens (including phenoxy) is 6. The summed E-state index contributed by atoms with van der Waals surface area (Å²) in [6, 6.07) is 53.0. The predicted molar refractivity (Wildman–Crippen MR) is 366 cm³/mol. The number of carboxylic acids is 1. The van der Waals surface area contributed by atoms with Crippen LogP contribution in [0.3, 0.4) is 0 Å². The third-order valence-corrected chi connectivity index (χ3v) is 18.6. The number of benzene rings is 6. The van der Waals surface area contributed by atoms with Crippen LogP contribution in [0.15, 0.2) is 158 Å². The molecule has 6 aromatic rings. The third kappa shape index (κ3) is 20.3. The molecule has 95 heavy (non-hydrogen) atoms. The first kappa shape index (κ1) is 69.5. The Kier molecular flexibility index (Phi) is 26.7.